The molecular weight excluding hydrogens is 202 g/mol. The average Bonchev–Trinajstić information content (AvgIpc) is 3.00. The van der Waals surface area contributed by atoms with Crippen molar-refractivity contribution in [3.8, 4) is 0 Å². The first-order valence-electron chi connectivity index (χ1n) is 6.54. The number of carboxylic acids is 1. The van der Waals surface area contributed by atoms with Crippen LogP contribution in [0.2, 0.25) is 0 Å². The number of rotatable bonds is 5. The molecule has 1 N–H and O–H groups in total. The van der Waals surface area contributed by atoms with Gasteiger partial charge in [0.15, 0.2) is 0 Å². The second-order valence-corrected chi connectivity index (χ2v) is 5.79. The second kappa shape index (κ2) is 4.74. The Morgan fingerprint density at radius 2 is 1.94 bits per heavy atom. The predicted molar refractivity (Wildman–Crippen MR) is 63.4 cm³/mol. The normalized spacial score (nSPS) is 24.6. The first-order chi connectivity index (χ1) is 7.62. The van der Waals surface area contributed by atoms with Gasteiger partial charge in [-0.3, -0.25) is 4.79 Å². The Morgan fingerprint density at radius 1 is 1.31 bits per heavy atom. The van der Waals surface area contributed by atoms with Crippen LogP contribution in [0, 0.1) is 11.3 Å². The summed E-state index contributed by atoms with van der Waals surface area (Å²) in [6, 6.07) is 0. The molecule has 0 bridgehead atoms. The van der Waals surface area contributed by atoms with Crippen LogP contribution in [0.3, 0.4) is 0 Å². The number of nitrogens with zero attached hydrogens (tertiary/aromatic N) is 1. The highest BCUT2D eigenvalue weighted by Crippen LogP contribution is 2.46. The predicted octanol–water partition coefficient (Wildman–Crippen LogP) is 2.36. The number of carboxylic acid groups (broad SMARTS) is 1. The van der Waals surface area contributed by atoms with Gasteiger partial charge >= 0.3 is 5.97 Å². The van der Waals surface area contributed by atoms with Crippen molar-refractivity contribution < 1.29 is 9.90 Å². The molecule has 0 aromatic heterocycles. The second-order valence-electron chi connectivity index (χ2n) is 5.79. The molecule has 0 heterocycles. The molecule has 3 heteroatoms. The van der Waals surface area contributed by atoms with Crippen molar-refractivity contribution in [2.24, 2.45) is 11.3 Å². The molecule has 2 rings (SSSR count). The molecule has 92 valence electrons. The lowest BCUT2D eigenvalue weighted by atomic mass is 9.89. The van der Waals surface area contributed by atoms with Crippen LogP contribution < -0.4 is 0 Å². The molecule has 0 radical (unpaired) electrons. The minimum atomic E-state index is -0.594. The fourth-order valence-corrected chi connectivity index (χ4v) is 2.98. The van der Waals surface area contributed by atoms with E-state index < -0.39 is 5.97 Å². The Hall–Kier alpha value is -0.570. The van der Waals surface area contributed by atoms with E-state index in [0.29, 0.717) is 0 Å². The lowest BCUT2D eigenvalue weighted by Gasteiger charge is -2.28. The van der Waals surface area contributed by atoms with Gasteiger partial charge < -0.3 is 10.0 Å². The van der Waals surface area contributed by atoms with Crippen LogP contribution in [0.5, 0.6) is 0 Å². The number of carbonyl (C=O) groups is 1. The van der Waals surface area contributed by atoms with Crippen LogP contribution in [0.1, 0.15) is 44.9 Å². The van der Waals surface area contributed by atoms with Crippen LogP contribution in [0.25, 0.3) is 0 Å². The maximum absolute atomic E-state index is 11.1. The fraction of sp³-hybridized carbons (Fsp3) is 0.923. The zero-order valence-corrected chi connectivity index (χ0v) is 10.2. The van der Waals surface area contributed by atoms with Crippen LogP contribution in [-0.2, 0) is 4.79 Å². The average molecular weight is 225 g/mol. The first-order valence-corrected chi connectivity index (χ1v) is 6.54. The number of hydrogen-bond acceptors (Lipinski definition) is 2. The van der Waals surface area contributed by atoms with E-state index in [4.69, 9.17) is 5.11 Å². The van der Waals surface area contributed by atoms with Crippen molar-refractivity contribution in [1.82, 2.24) is 4.90 Å². The molecule has 0 saturated heterocycles. The Bertz CT molecular complexity index is 255. The highest BCUT2D eigenvalue weighted by molar-refractivity contribution is 5.78. The summed E-state index contributed by atoms with van der Waals surface area (Å²) in [4.78, 5) is 13.3. The van der Waals surface area contributed by atoms with Crippen LogP contribution in [-0.4, -0.2) is 36.1 Å². The zero-order chi connectivity index (χ0) is 11.6. The summed E-state index contributed by atoms with van der Waals surface area (Å²) < 4.78 is 0. The van der Waals surface area contributed by atoms with Gasteiger partial charge in [-0.15, -0.1) is 0 Å². The SMILES string of the molecule is CN(CC1CCCCC1)CC1(C(=O)O)CC1. The van der Waals surface area contributed by atoms with Gasteiger partial charge in [0.2, 0.25) is 0 Å². The van der Waals surface area contributed by atoms with E-state index in [9.17, 15) is 4.79 Å². The molecule has 0 unspecified atom stereocenters. The lowest BCUT2D eigenvalue weighted by molar-refractivity contribution is -0.144. The summed E-state index contributed by atoms with van der Waals surface area (Å²) >= 11 is 0. The van der Waals surface area contributed by atoms with E-state index in [2.05, 4.69) is 11.9 Å². The maximum atomic E-state index is 11.1. The Labute approximate surface area is 97.8 Å². The molecule has 0 aromatic rings. The summed E-state index contributed by atoms with van der Waals surface area (Å²) in [7, 11) is 2.08. The van der Waals surface area contributed by atoms with E-state index in [1.807, 2.05) is 0 Å². The van der Waals surface area contributed by atoms with Gasteiger partial charge in [-0.1, -0.05) is 19.3 Å². The molecule has 2 saturated carbocycles. The van der Waals surface area contributed by atoms with E-state index in [1.165, 1.54) is 32.1 Å². The minimum Gasteiger partial charge on any atom is -0.481 e. The molecule has 0 amide bonds. The van der Waals surface area contributed by atoms with Crippen LogP contribution in [0.15, 0.2) is 0 Å². The van der Waals surface area contributed by atoms with Crippen molar-refractivity contribution in [1.29, 1.82) is 0 Å². The van der Waals surface area contributed by atoms with Crippen molar-refractivity contribution in [2.75, 3.05) is 20.1 Å². The Kier molecular flexibility index (Phi) is 3.53. The third-order valence-electron chi connectivity index (χ3n) is 4.17. The molecule has 0 spiro atoms. The molecule has 0 atom stereocenters. The van der Waals surface area contributed by atoms with Crippen molar-refractivity contribution in [3.63, 3.8) is 0 Å². The standard InChI is InChI=1S/C13H23NO2/c1-14(9-11-5-3-2-4-6-11)10-13(7-8-13)12(15)16/h11H,2-10H2,1H3,(H,15,16). The molecule has 2 aliphatic carbocycles. The third-order valence-corrected chi connectivity index (χ3v) is 4.17. The van der Waals surface area contributed by atoms with Crippen molar-refractivity contribution in [2.45, 2.75) is 44.9 Å². The highest BCUT2D eigenvalue weighted by Gasteiger charge is 2.50. The molecule has 0 aliphatic heterocycles. The number of hydrogen-bond donors (Lipinski definition) is 1. The maximum Gasteiger partial charge on any atom is 0.310 e. The van der Waals surface area contributed by atoms with Gasteiger partial charge in [0, 0.05) is 13.1 Å². The smallest absolute Gasteiger partial charge is 0.310 e. The van der Waals surface area contributed by atoms with E-state index in [0.717, 1.165) is 31.8 Å². The third kappa shape index (κ3) is 2.76. The topological polar surface area (TPSA) is 40.5 Å². The molecule has 2 aliphatic rings. The molecule has 2 fully saturated rings. The van der Waals surface area contributed by atoms with Gasteiger partial charge in [-0.25, -0.2) is 0 Å². The summed E-state index contributed by atoms with van der Waals surface area (Å²) in [6.45, 7) is 1.84. The summed E-state index contributed by atoms with van der Waals surface area (Å²) in [5, 5.41) is 9.13. The van der Waals surface area contributed by atoms with Gasteiger partial charge in [-0.05, 0) is 38.6 Å². The highest BCUT2D eigenvalue weighted by atomic mass is 16.4. The van der Waals surface area contributed by atoms with Gasteiger partial charge in [0.25, 0.3) is 0 Å². The molecule has 0 aromatic carbocycles. The zero-order valence-electron chi connectivity index (χ0n) is 10.2. The molecule has 3 nitrogen and oxygen atoms in total. The van der Waals surface area contributed by atoms with Crippen molar-refractivity contribution >= 4 is 5.97 Å². The van der Waals surface area contributed by atoms with Gasteiger partial charge in [0.05, 0.1) is 5.41 Å². The van der Waals surface area contributed by atoms with Crippen LogP contribution in [0.4, 0.5) is 0 Å². The quantitative estimate of drug-likeness (QED) is 0.781. The summed E-state index contributed by atoms with van der Waals surface area (Å²) in [6.07, 6.45) is 8.54. The monoisotopic (exact) mass is 225 g/mol. The Balaban J connectivity index is 1.75. The largest absolute Gasteiger partial charge is 0.481 e. The first kappa shape index (κ1) is 11.9. The van der Waals surface area contributed by atoms with Crippen molar-refractivity contribution in [3.05, 3.63) is 0 Å². The number of aliphatic carboxylic acids is 1. The van der Waals surface area contributed by atoms with Gasteiger partial charge in [-0.2, -0.15) is 0 Å². The molecule has 16 heavy (non-hydrogen) atoms. The van der Waals surface area contributed by atoms with Gasteiger partial charge in [0.1, 0.15) is 0 Å². The molecular formula is C13H23NO2. The minimum absolute atomic E-state index is 0.385. The van der Waals surface area contributed by atoms with Crippen LogP contribution >= 0.6 is 0 Å². The van der Waals surface area contributed by atoms with E-state index >= 15 is 0 Å². The van der Waals surface area contributed by atoms with E-state index in [-0.39, 0.29) is 5.41 Å². The lowest BCUT2D eigenvalue weighted by Crippen LogP contribution is -2.35. The fourth-order valence-electron chi connectivity index (χ4n) is 2.98. The Morgan fingerprint density at radius 3 is 2.44 bits per heavy atom. The summed E-state index contributed by atoms with van der Waals surface area (Å²) in [5.41, 5.74) is -0.385. The van der Waals surface area contributed by atoms with E-state index in [1.54, 1.807) is 0 Å². The summed E-state index contributed by atoms with van der Waals surface area (Å²) in [5.74, 6) is 0.214.